The fourth-order valence-electron chi connectivity index (χ4n) is 4.39. The molecule has 0 saturated carbocycles. The van der Waals surface area contributed by atoms with Gasteiger partial charge >= 0.3 is 12.1 Å². The van der Waals surface area contributed by atoms with Crippen molar-refractivity contribution in [2.45, 2.75) is 31.8 Å². The van der Waals surface area contributed by atoms with Gasteiger partial charge in [0, 0.05) is 19.5 Å². The predicted molar refractivity (Wildman–Crippen MR) is 132 cm³/mol. The molecule has 3 aromatic rings. The molecule has 0 unspecified atom stereocenters. The number of likely N-dealkylation sites (N-methyl/N-ethyl adjacent to an activating group) is 1. The van der Waals surface area contributed by atoms with Crippen molar-refractivity contribution < 1.29 is 24.2 Å². The number of nitrogens with one attached hydrogen (secondary N) is 1. The molecule has 7 nitrogen and oxygen atoms in total. The van der Waals surface area contributed by atoms with E-state index < -0.39 is 18.1 Å². The minimum atomic E-state index is -1.06. The second-order valence-electron chi connectivity index (χ2n) is 8.64. The van der Waals surface area contributed by atoms with Gasteiger partial charge in [0.25, 0.3) is 0 Å². The maximum Gasteiger partial charge on any atom is 0.407 e. The smallest absolute Gasteiger partial charge is 0.407 e. The maximum atomic E-state index is 12.6. The molecule has 0 heterocycles. The summed E-state index contributed by atoms with van der Waals surface area (Å²) in [5.41, 5.74) is 6.11. The lowest BCUT2D eigenvalue weighted by molar-refractivity contribution is -0.148. The van der Waals surface area contributed by atoms with Gasteiger partial charge in [0.2, 0.25) is 5.91 Å². The number of hydrogen-bond donors (Lipinski definition) is 2. The minimum Gasteiger partial charge on any atom is -0.480 e. The van der Waals surface area contributed by atoms with Gasteiger partial charge in [0.1, 0.15) is 12.6 Å². The summed E-state index contributed by atoms with van der Waals surface area (Å²) in [6.45, 7) is 1.88. The number of aliphatic carboxylic acids is 1. The van der Waals surface area contributed by atoms with Crippen LogP contribution in [0.15, 0.2) is 72.8 Å². The predicted octanol–water partition coefficient (Wildman–Crippen LogP) is 4.20. The molecule has 0 fully saturated rings. The lowest BCUT2D eigenvalue weighted by Crippen LogP contribution is -2.41. The molecule has 0 saturated heterocycles. The Morgan fingerprint density at radius 3 is 2.06 bits per heavy atom. The molecule has 1 atom stereocenters. The first kappa shape index (κ1) is 24.0. The van der Waals surface area contributed by atoms with Crippen LogP contribution in [-0.2, 0) is 27.3 Å². The van der Waals surface area contributed by atoms with E-state index in [-0.39, 0.29) is 31.4 Å². The van der Waals surface area contributed by atoms with E-state index in [1.807, 2.05) is 36.4 Å². The zero-order valence-electron chi connectivity index (χ0n) is 19.7. The molecule has 0 bridgehead atoms. The summed E-state index contributed by atoms with van der Waals surface area (Å²) in [6, 6.07) is 22.6. The van der Waals surface area contributed by atoms with Crippen LogP contribution in [0.2, 0.25) is 0 Å². The van der Waals surface area contributed by atoms with E-state index in [0.717, 1.165) is 33.4 Å². The number of carboxylic acid groups (broad SMARTS) is 1. The number of fused-ring (bicyclic) bond motifs is 3. The molecule has 2 N–H and O–H groups in total. The fraction of sp³-hybridized carbons (Fsp3) is 0.250. The highest BCUT2D eigenvalue weighted by atomic mass is 16.5. The van der Waals surface area contributed by atoms with Gasteiger partial charge in [-0.3, -0.25) is 4.79 Å². The minimum absolute atomic E-state index is 0.0233. The van der Waals surface area contributed by atoms with Crippen molar-refractivity contribution in [3.05, 3.63) is 95.1 Å². The van der Waals surface area contributed by atoms with E-state index >= 15 is 0 Å². The van der Waals surface area contributed by atoms with Crippen molar-refractivity contribution in [3.8, 4) is 11.1 Å². The molecule has 0 spiro atoms. The van der Waals surface area contributed by atoms with Crippen LogP contribution in [0.1, 0.15) is 35.1 Å². The highest BCUT2D eigenvalue weighted by Gasteiger charge is 2.29. The molecule has 1 aliphatic rings. The largest absolute Gasteiger partial charge is 0.480 e. The number of benzene rings is 3. The Labute approximate surface area is 204 Å². The Bertz CT molecular complexity index is 1210. The SMILES string of the molecule is C[C@@H](C(=O)O)N(C)C(=O)Cc1ccccc1CNC(=O)OCC1c2ccccc2-c2ccccc21. The van der Waals surface area contributed by atoms with Crippen LogP contribution in [0.3, 0.4) is 0 Å². The number of carboxylic acids is 1. The molecule has 2 amide bonds. The third-order valence-electron chi connectivity index (χ3n) is 6.56. The van der Waals surface area contributed by atoms with E-state index in [4.69, 9.17) is 9.84 Å². The van der Waals surface area contributed by atoms with E-state index in [2.05, 4.69) is 29.6 Å². The van der Waals surface area contributed by atoms with Gasteiger partial charge in [0.15, 0.2) is 0 Å². The van der Waals surface area contributed by atoms with E-state index in [1.165, 1.54) is 18.9 Å². The molecule has 3 aromatic carbocycles. The first-order chi connectivity index (χ1) is 16.9. The number of hydrogen-bond acceptors (Lipinski definition) is 4. The van der Waals surface area contributed by atoms with Crippen molar-refractivity contribution in [2.24, 2.45) is 0 Å². The van der Waals surface area contributed by atoms with Crippen LogP contribution in [0.25, 0.3) is 11.1 Å². The molecule has 0 radical (unpaired) electrons. The van der Waals surface area contributed by atoms with E-state index in [1.54, 1.807) is 12.1 Å². The average molecular weight is 473 g/mol. The monoisotopic (exact) mass is 472 g/mol. The first-order valence-corrected chi connectivity index (χ1v) is 11.5. The number of carbonyl (C=O) groups excluding carboxylic acids is 2. The van der Waals surface area contributed by atoms with Gasteiger partial charge in [0.05, 0.1) is 6.42 Å². The van der Waals surface area contributed by atoms with Gasteiger partial charge < -0.3 is 20.1 Å². The third-order valence-corrected chi connectivity index (χ3v) is 6.56. The number of amides is 2. The van der Waals surface area contributed by atoms with Gasteiger partial charge in [-0.1, -0.05) is 72.8 Å². The summed E-state index contributed by atoms with van der Waals surface area (Å²) in [4.78, 5) is 37.5. The molecule has 180 valence electrons. The quantitative estimate of drug-likeness (QED) is 0.512. The van der Waals surface area contributed by atoms with Crippen molar-refractivity contribution >= 4 is 18.0 Å². The van der Waals surface area contributed by atoms with Crippen molar-refractivity contribution in [2.75, 3.05) is 13.7 Å². The summed E-state index contributed by atoms with van der Waals surface area (Å²) < 4.78 is 5.59. The Balaban J connectivity index is 1.36. The average Bonchev–Trinajstić information content (AvgIpc) is 3.19. The highest BCUT2D eigenvalue weighted by molar-refractivity contribution is 5.84. The summed E-state index contributed by atoms with van der Waals surface area (Å²) in [5, 5.41) is 11.9. The lowest BCUT2D eigenvalue weighted by Gasteiger charge is -2.22. The summed E-state index contributed by atoms with van der Waals surface area (Å²) in [7, 11) is 1.47. The standard InChI is InChI=1S/C28H28N2O5/c1-18(27(32)33)30(2)26(31)15-19-9-3-4-10-20(19)16-29-28(34)35-17-25-23-13-7-5-11-21(23)22-12-6-8-14-24(22)25/h3-14,18,25H,15-17H2,1-2H3,(H,29,34)(H,32,33)/t18-/m0/s1. The summed E-state index contributed by atoms with van der Waals surface area (Å²) >= 11 is 0. The van der Waals surface area contributed by atoms with E-state index in [9.17, 15) is 14.4 Å². The number of rotatable bonds is 8. The molecular formula is C28H28N2O5. The number of ether oxygens (including phenoxy) is 1. The number of nitrogens with zero attached hydrogens (tertiary/aromatic N) is 1. The molecule has 35 heavy (non-hydrogen) atoms. The maximum absolute atomic E-state index is 12.6. The zero-order valence-corrected chi connectivity index (χ0v) is 19.7. The lowest BCUT2D eigenvalue weighted by atomic mass is 9.98. The molecule has 7 heteroatoms. The molecule has 1 aliphatic carbocycles. The third kappa shape index (κ3) is 5.19. The van der Waals surface area contributed by atoms with Crippen LogP contribution in [-0.4, -0.2) is 47.7 Å². The van der Waals surface area contributed by atoms with Gasteiger partial charge in [-0.25, -0.2) is 9.59 Å². The van der Waals surface area contributed by atoms with Crippen molar-refractivity contribution in [1.29, 1.82) is 0 Å². The normalized spacial score (nSPS) is 12.9. The Kier molecular flexibility index (Phi) is 7.15. The van der Waals surface area contributed by atoms with Crippen molar-refractivity contribution in [1.82, 2.24) is 10.2 Å². The zero-order chi connectivity index (χ0) is 24.9. The Hall–Kier alpha value is -4.13. The molecule has 0 aromatic heterocycles. The van der Waals surface area contributed by atoms with E-state index in [0.29, 0.717) is 0 Å². The van der Waals surface area contributed by atoms with Gasteiger partial charge in [-0.2, -0.15) is 0 Å². The van der Waals surface area contributed by atoms with Crippen LogP contribution in [0, 0.1) is 0 Å². The Morgan fingerprint density at radius 2 is 1.46 bits per heavy atom. The molecule has 0 aliphatic heterocycles. The summed E-state index contributed by atoms with van der Waals surface area (Å²) in [6.07, 6.45) is -0.499. The van der Waals surface area contributed by atoms with Crippen LogP contribution >= 0.6 is 0 Å². The molecular weight excluding hydrogens is 444 g/mol. The Morgan fingerprint density at radius 1 is 0.914 bits per heavy atom. The highest BCUT2D eigenvalue weighted by Crippen LogP contribution is 2.44. The van der Waals surface area contributed by atoms with Crippen molar-refractivity contribution in [3.63, 3.8) is 0 Å². The molecule has 4 rings (SSSR count). The van der Waals surface area contributed by atoms with Crippen LogP contribution in [0.5, 0.6) is 0 Å². The second-order valence-corrected chi connectivity index (χ2v) is 8.64. The van der Waals surface area contributed by atoms with Gasteiger partial charge in [-0.15, -0.1) is 0 Å². The topological polar surface area (TPSA) is 95.9 Å². The summed E-state index contributed by atoms with van der Waals surface area (Å²) in [5.74, 6) is -1.40. The van der Waals surface area contributed by atoms with Crippen LogP contribution in [0.4, 0.5) is 4.79 Å². The fourth-order valence-corrected chi connectivity index (χ4v) is 4.39. The number of carbonyl (C=O) groups is 3. The second kappa shape index (κ2) is 10.4. The van der Waals surface area contributed by atoms with Crippen LogP contribution < -0.4 is 5.32 Å². The van der Waals surface area contributed by atoms with Gasteiger partial charge in [-0.05, 0) is 40.3 Å². The first-order valence-electron chi connectivity index (χ1n) is 11.5. The number of alkyl carbamates (subject to hydrolysis) is 1.